The normalized spacial score (nSPS) is 11.5. The van der Waals surface area contributed by atoms with Crippen LogP contribution in [0, 0.1) is 0 Å². The van der Waals surface area contributed by atoms with Crippen LogP contribution >= 0.6 is 23.2 Å². The number of anilines is 1. The fourth-order valence-corrected chi connectivity index (χ4v) is 3.50. The van der Waals surface area contributed by atoms with E-state index in [9.17, 15) is 8.42 Å². The van der Waals surface area contributed by atoms with Gasteiger partial charge in [0.15, 0.2) is 0 Å². The Bertz CT molecular complexity index is 762. The van der Waals surface area contributed by atoms with E-state index < -0.39 is 10.0 Å². The maximum absolute atomic E-state index is 12.3. The number of hydrogen-bond donors (Lipinski definition) is 1. The van der Waals surface area contributed by atoms with Crippen LogP contribution in [-0.4, -0.2) is 27.5 Å². The van der Waals surface area contributed by atoms with Crippen LogP contribution in [-0.2, 0) is 16.6 Å². The molecule has 1 aromatic carbocycles. The van der Waals surface area contributed by atoms with Crippen molar-refractivity contribution in [2.45, 2.75) is 11.4 Å². The standard InChI is InChI=1S/C14H15Cl2N3O2S/c1-19(2)14-6-3-10(8-17-14)9-18-22(20,21)13-7-11(15)4-5-12(13)16/h3-8,18H,9H2,1-2H3. The molecule has 0 amide bonds. The summed E-state index contributed by atoms with van der Waals surface area (Å²) in [4.78, 5) is 6.05. The van der Waals surface area contributed by atoms with Gasteiger partial charge in [-0.25, -0.2) is 18.1 Å². The van der Waals surface area contributed by atoms with Gasteiger partial charge in [-0.1, -0.05) is 29.3 Å². The summed E-state index contributed by atoms with van der Waals surface area (Å²) in [7, 11) is 0.0189. The fraction of sp³-hybridized carbons (Fsp3) is 0.214. The summed E-state index contributed by atoms with van der Waals surface area (Å²) in [6, 6.07) is 7.93. The van der Waals surface area contributed by atoms with Crippen LogP contribution in [0.15, 0.2) is 41.4 Å². The van der Waals surface area contributed by atoms with Gasteiger partial charge in [-0.3, -0.25) is 0 Å². The average Bonchev–Trinajstić information content (AvgIpc) is 2.48. The molecule has 1 N–H and O–H groups in total. The van der Waals surface area contributed by atoms with Gasteiger partial charge in [-0.15, -0.1) is 0 Å². The van der Waals surface area contributed by atoms with Crippen LogP contribution in [0.3, 0.4) is 0 Å². The zero-order valence-corrected chi connectivity index (χ0v) is 14.4. The third-order valence-electron chi connectivity index (χ3n) is 2.92. The van der Waals surface area contributed by atoms with Crippen molar-refractivity contribution < 1.29 is 8.42 Å². The number of halogens is 2. The summed E-state index contributed by atoms with van der Waals surface area (Å²) in [6.07, 6.45) is 1.62. The number of sulfonamides is 1. The van der Waals surface area contributed by atoms with Gasteiger partial charge in [0.25, 0.3) is 0 Å². The van der Waals surface area contributed by atoms with E-state index in [-0.39, 0.29) is 16.5 Å². The third kappa shape index (κ3) is 4.10. The van der Waals surface area contributed by atoms with Crippen LogP contribution in [0.4, 0.5) is 5.82 Å². The number of rotatable bonds is 5. The molecule has 1 aromatic heterocycles. The Hall–Kier alpha value is -1.34. The molecule has 22 heavy (non-hydrogen) atoms. The van der Waals surface area contributed by atoms with Crippen molar-refractivity contribution in [1.82, 2.24) is 9.71 Å². The summed E-state index contributed by atoms with van der Waals surface area (Å²) in [6.45, 7) is 0.117. The number of nitrogens with one attached hydrogen (secondary N) is 1. The van der Waals surface area contributed by atoms with Crippen molar-refractivity contribution in [3.63, 3.8) is 0 Å². The highest BCUT2D eigenvalue weighted by Gasteiger charge is 2.18. The number of pyridine rings is 1. The Balaban J connectivity index is 2.14. The summed E-state index contributed by atoms with van der Waals surface area (Å²) < 4.78 is 27.0. The third-order valence-corrected chi connectivity index (χ3v) is 5.03. The monoisotopic (exact) mass is 359 g/mol. The van der Waals surface area contributed by atoms with Gasteiger partial charge in [0.05, 0.1) is 5.02 Å². The lowest BCUT2D eigenvalue weighted by Gasteiger charge is -2.12. The summed E-state index contributed by atoms with van der Waals surface area (Å²) in [5.41, 5.74) is 0.743. The number of benzene rings is 1. The predicted octanol–water partition coefficient (Wildman–Crippen LogP) is 2.93. The van der Waals surface area contributed by atoms with E-state index in [4.69, 9.17) is 23.2 Å². The van der Waals surface area contributed by atoms with Crippen molar-refractivity contribution in [2.75, 3.05) is 19.0 Å². The van der Waals surface area contributed by atoms with Gasteiger partial charge in [-0.05, 0) is 29.8 Å². The lowest BCUT2D eigenvalue weighted by Crippen LogP contribution is -2.23. The molecule has 0 aliphatic heterocycles. The number of hydrogen-bond acceptors (Lipinski definition) is 4. The number of aromatic nitrogens is 1. The minimum absolute atomic E-state index is 0.0421. The first-order chi connectivity index (χ1) is 10.3. The van der Waals surface area contributed by atoms with E-state index in [2.05, 4.69) is 9.71 Å². The van der Waals surface area contributed by atoms with Gasteiger partial charge < -0.3 is 4.90 Å². The molecule has 0 fully saturated rings. The van der Waals surface area contributed by atoms with Crippen LogP contribution in [0.2, 0.25) is 10.0 Å². The SMILES string of the molecule is CN(C)c1ccc(CNS(=O)(=O)c2cc(Cl)ccc2Cl)cn1. The molecule has 0 spiro atoms. The zero-order valence-electron chi connectivity index (χ0n) is 12.0. The van der Waals surface area contributed by atoms with E-state index in [0.717, 1.165) is 11.4 Å². The maximum atomic E-state index is 12.3. The van der Waals surface area contributed by atoms with Crippen molar-refractivity contribution in [2.24, 2.45) is 0 Å². The molecule has 0 saturated heterocycles. The lowest BCUT2D eigenvalue weighted by atomic mass is 10.3. The molecule has 118 valence electrons. The van der Waals surface area contributed by atoms with E-state index in [1.807, 2.05) is 31.1 Å². The molecule has 0 saturated carbocycles. The topological polar surface area (TPSA) is 62.3 Å². The second kappa shape index (κ2) is 6.83. The quantitative estimate of drug-likeness (QED) is 0.891. The first-order valence-electron chi connectivity index (χ1n) is 6.36. The second-order valence-electron chi connectivity index (χ2n) is 4.82. The van der Waals surface area contributed by atoms with Gasteiger partial charge in [-0.2, -0.15) is 0 Å². The van der Waals surface area contributed by atoms with E-state index in [0.29, 0.717) is 5.02 Å². The van der Waals surface area contributed by atoms with E-state index in [1.54, 1.807) is 6.20 Å². The van der Waals surface area contributed by atoms with Gasteiger partial charge in [0, 0.05) is 31.9 Å². The van der Waals surface area contributed by atoms with Crippen molar-refractivity contribution in [3.8, 4) is 0 Å². The Kier molecular flexibility index (Phi) is 5.28. The van der Waals surface area contributed by atoms with Crippen LogP contribution in [0.1, 0.15) is 5.56 Å². The predicted molar refractivity (Wildman–Crippen MR) is 89.1 cm³/mol. The van der Waals surface area contributed by atoms with Crippen molar-refractivity contribution in [3.05, 3.63) is 52.1 Å². The smallest absolute Gasteiger partial charge is 0.242 e. The molecule has 0 radical (unpaired) electrons. The molecular weight excluding hydrogens is 345 g/mol. The zero-order chi connectivity index (χ0) is 16.3. The summed E-state index contributed by atoms with van der Waals surface area (Å²) >= 11 is 11.7. The average molecular weight is 360 g/mol. The molecule has 2 rings (SSSR count). The molecule has 8 heteroatoms. The maximum Gasteiger partial charge on any atom is 0.242 e. The van der Waals surface area contributed by atoms with Gasteiger partial charge >= 0.3 is 0 Å². The Labute approximate surface area is 139 Å². The molecule has 5 nitrogen and oxygen atoms in total. The Morgan fingerprint density at radius 3 is 2.50 bits per heavy atom. The van der Waals surface area contributed by atoms with Crippen molar-refractivity contribution >= 4 is 39.0 Å². The molecule has 0 unspecified atom stereocenters. The molecule has 0 aliphatic rings. The number of nitrogens with zero attached hydrogens (tertiary/aromatic N) is 2. The molecule has 1 heterocycles. The Morgan fingerprint density at radius 1 is 1.18 bits per heavy atom. The fourth-order valence-electron chi connectivity index (χ4n) is 1.73. The molecule has 0 bridgehead atoms. The van der Waals surface area contributed by atoms with Gasteiger partial charge in [0.1, 0.15) is 10.7 Å². The molecular formula is C14H15Cl2N3O2S. The van der Waals surface area contributed by atoms with E-state index >= 15 is 0 Å². The minimum Gasteiger partial charge on any atom is -0.363 e. The van der Waals surface area contributed by atoms with Crippen LogP contribution < -0.4 is 9.62 Å². The van der Waals surface area contributed by atoms with E-state index in [1.165, 1.54) is 18.2 Å². The molecule has 2 aromatic rings. The van der Waals surface area contributed by atoms with Crippen LogP contribution in [0.25, 0.3) is 0 Å². The summed E-state index contributed by atoms with van der Waals surface area (Å²) in [5.74, 6) is 0.796. The minimum atomic E-state index is -3.74. The highest BCUT2D eigenvalue weighted by atomic mass is 35.5. The first kappa shape index (κ1) is 17.0. The van der Waals surface area contributed by atoms with Gasteiger partial charge in [0.2, 0.25) is 10.0 Å². The largest absolute Gasteiger partial charge is 0.363 e. The summed E-state index contributed by atoms with van der Waals surface area (Å²) in [5, 5.41) is 0.430. The second-order valence-corrected chi connectivity index (χ2v) is 7.40. The highest BCUT2D eigenvalue weighted by Crippen LogP contribution is 2.25. The first-order valence-corrected chi connectivity index (χ1v) is 8.60. The van der Waals surface area contributed by atoms with Crippen LogP contribution in [0.5, 0.6) is 0 Å². The molecule has 0 atom stereocenters. The van der Waals surface area contributed by atoms with Crippen molar-refractivity contribution in [1.29, 1.82) is 0 Å². The Morgan fingerprint density at radius 2 is 1.91 bits per heavy atom. The molecule has 0 aliphatic carbocycles. The highest BCUT2D eigenvalue weighted by molar-refractivity contribution is 7.89. The lowest BCUT2D eigenvalue weighted by molar-refractivity contribution is 0.581.